The number of phenolic OH excluding ortho intramolecular Hbond substituents is 2. The van der Waals surface area contributed by atoms with E-state index in [4.69, 9.17) is 11.6 Å². The Kier molecular flexibility index (Phi) is 3.44. The summed E-state index contributed by atoms with van der Waals surface area (Å²) in [6.45, 7) is 0. The number of hydrogen-bond donors (Lipinski definition) is 3. The molecule has 0 radical (unpaired) electrons. The number of phenols is 2. The molecule has 124 valence electrons. The fourth-order valence-corrected chi connectivity index (χ4v) is 3.68. The Bertz CT molecular complexity index is 920. The molecule has 3 aromatic carbocycles. The van der Waals surface area contributed by atoms with Gasteiger partial charge in [0, 0.05) is 5.56 Å². The van der Waals surface area contributed by atoms with E-state index in [-0.39, 0.29) is 17.4 Å². The van der Waals surface area contributed by atoms with Gasteiger partial charge >= 0.3 is 0 Å². The average molecular weight is 352 g/mol. The lowest BCUT2D eigenvalue weighted by Gasteiger charge is -2.29. The van der Waals surface area contributed by atoms with Gasteiger partial charge in [0.2, 0.25) is 5.91 Å². The molecule has 4 nitrogen and oxygen atoms in total. The predicted molar refractivity (Wildman–Crippen MR) is 96.2 cm³/mol. The first-order valence-corrected chi connectivity index (χ1v) is 8.11. The van der Waals surface area contributed by atoms with Crippen molar-refractivity contribution in [2.45, 2.75) is 5.41 Å². The predicted octanol–water partition coefficient (Wildman–Crippen LogP) is 4.04. The van der Waals surface area contributed by atoms with Gasteiger partial charge in [-0.05, 0) is 41.5 Å². The summed E-state index contributed by atoms with van der Waals surface area (Å²) in [4.78, 5) is 13.2. The fraction of sp³-hybridized carbons (Fsp3) is 0.0500. The van der Waals surface area contributed by atoms with Crippen molar-refractivity contribution in [2.75, 3.05) is 5.32 Å². The van der Waals surface area contributed by atoms with Crippen LogP contribution in [0.4, 0.5) is 5.69 Å². The van der Waals surface area contributed by atoms with Crippen LogP contribution >= 0.6 is 11.6 Å². The number of benzene rings is 3. The summed E-state index contributed by atoms with van der Waals surface area (Å²) in [6, 6.07) is 18.5. The van der Waals surface area contributed by atoms with E-state index in [2.05, 4.69) is 5.32 Å². The number of amides is 1. The van der Waals surface area contributed by atoms with Crippen LogP contribution in [-0.4, -0.2) is 16.1 Å². The van der Waals surface area contributed by atoms with Crippen LogP contribution in [0, 0.1) is 0 Å². The maximum absolute atomic E-state index is 13.2. The SMILES string of the molecule is O=C1Nc2c(Cl)cccc2C1(c1ccc(O)cc1)c1ccc(O)cc1. The van der Waals surface area contributed by atoms with Crippen molar-refractivity contribution in [3.63, 3.8) is 0 Å². The van der Waals surface area contributed by atoms with Crippen LogP contribution in [0.3, 0.4) is 0 Å². The topological polar surface area (TPSA) is 69.6 Å². The number of anilines is 1. The highest BCUT2D eigenvalue weighted by atomic mass is 35.5. The van der Waals surface area contributed by atoms with Gasteiger partial charge in [0.1, 0.15) is 16.9 Å². The van der Waals surface area contributed by atoms with E-state index < -0.39 is 5.41 Å². The van der Waals surface area contributed by atoms with Crippen molar-refractivity contribution in [1.29, 1.82) is 0 Å². The standard InChI is InChI=1S/C20H14ClNO3/c21-17-3-1-2-16-18(17)22-19(25)20(16,12-4-8-14(23)9-5-12)13-6-10-15(24)11-7-13/h1-11,23-24H,(H,22,25). The van der Waals surface area contributed by atoms with Crippen molar-refractivity contribution in [3.8, 4) is 11.5 Å². The summed E-state index contributed by atoms with van der Waals surface area (Å²) < 4.78 is 0. The molecule has 3 aromatic rings. The summed E-state index contributed by atoms with van der Waals surface area (Å²) >= 11 is 6.29. The Hall–Kier alpha value is -2.98. The molecular weight excluding hydrogens is 338 g/mol. The molecule has 0 saturated heterocycles. The molecule has 0 fully saturated rings. The number of rotatable bonds is 2. The van der Waals surface area contributed by atoms with Gasteiger partial charge in [-0.1, -0.05) is 48.0 Å². The summed E-state index contributed by atoms with van der Waals surface area (Å²) in [5, 5.41) is 22.6. The largest absolute Gasteiger partial charge is 0.508 e. The van der Waals surface area contributed by atoms with Gasteiger partial charge in [-0.25, -0.2) is 0 Å². The molecule has 0 aromatic heterocycles. The van der Waals surface area contributed by atoms with Gasteiger partial charge in [-0.2, -0.15) is 0 Å². The molecule has 0 aliphatic carbocycles. The number of para-hydroxylation sites is 1. The normalized spacial score (nSPS) is 14.8. The van der Waals surface area contributed by atoms with Crippen LogP contribution < -0.4 is 5.32 Å². The van der Waals surface area contributed by atoms with Gasteiger partial charge in [-0.3, -0.25) is 4.79 Å². The fourth-order valence-electron chi connectivity index (χ4n) is 3.46. The molecule has 0 unspecified atom stereocenters. The number of aromatic hydroxyl groups is 2. The molecule has 25 heavy (non-hydrogen) atoms. The van der Waals surface area contributed by atoms with Crippen LogP contribution in [0.25, 0.3) is 0 Å². The minimum absolute atomic E-state index is 0.120. The lowest BCUT2D eigenvalue weighted by Crippen LogP contribution is -2.36. The van der Waals surface area contributed by atoms with Gasteiger partial charge in [-0.15, -0.1) is 0 Å². The number of carbonyl (C=O) groups excluding carboxylic acids is 1. The van der Waals surface area contributed by atoms with E-state index in [0.717, 1.165) is 5.56 Å². The minimum atomic E-state index is -1.11. The van der Waals surface area contributed by atoms with E-state index in [1.165, 1.54) is 0 Å². The lowest BCUT2D eigenvalue weighted by molar-refractivity contribution is -0.118. The van der Waals surface area contributed by atoms with Crippen LogP contribution in [0.2, 0.25) is 5.02 Å². The highest BCUT2D eigenvalue weighted by Gasteiger charge is 2.50. The molecule has 0 atom stereocenters. The molecule has 0 bridgehead atoms. The van der Waals surface area contributed by atoms with Gasteiger partial charge < -0.3 is 15.5 Å². The Balaban J connectivity index is 2.08. The lowest BCUT2D eigenvalue weighted by atomic mass is 9.70. The first kappa shape index (κ1) is 15.5. The number of halogens is 1. The van der Waals surface area contributed by atoms with Crippen molar-refractivity contribution < 1.29 is 15.0 Å². The van der Waals surface area contributed by atoms with Crippen LogP contribution in [-0.2, 0) is 10.2 Å². The zero-order chi connectivity index (χ0) is 17.6. The summed E-state index contributed by atoms with van der Waals surface area (Å²) in [6.07, 6.45) is 0. The Morgan fingerprint density at radius 1 is 0.800 bits per heavy atom. The van der Waals surface area contributed by atoms with Crippen LogP contribution in [0.1, 0.15) is 16.7 Å². The molecule has 4 rings (SSSR count). The molecule has 3 N–H and O–H groups in total. The van der Waals surface area contributed by atoms with E-state index in [9.17, 15) is 15.0 Å². The maximum atomic E-state index is 13.2. The van der Waals surface area contributed by atoms with Crippen molar-refractivity contribution in [3.05, 3.63) is 88.4 Å². The molecule has 1 aliphatic rings. The van der Waals surface area contributed by atoms with Crippen molar-refractivity contribution >= 4 is 23.2 Å². The molecule has 1 heterocycles. The third-order valence-electron chi connectivity index (χ3n) is 4.60. The van der Waals surface area contributed by atoms with E-state index >= 15 is 0 Å². The quantitative estimate of drug-likeness (QED) is 0.652. The second-order valence-corrected chi connectivity index (χ2v) is 6.37. The van der Waals surface area contributed by atoms with Crippen LogP contribution in [0.5, 0.6) is 11.5 Å². The van der Waals surface area contributed by atoms with E-state index in [1.54, 1.807) is 60.7 Å². The zero-order valence-electron chi connectivity index (χ0n) is 13.0. The van der Waals surface area contributed by atoms with Gasteiger partial charge in [0.15, 0.2) is 0 Å². The highest BCUT2D eigenvalue weighted by Crippen LogP contribution is 2.50. The Labute approximate surface area is 149 Å². The molecule has 0 saturated carbocycles. The summed E-state index contributed by atoms with van der Waals surface area (Å²) in [7, 11) is 0. The number of carbonyl (C=O) groups is 1. The summed E-state index contributed by atoms with van der Waals surface area (Å²) in [5.74, 6) is 0.00985. The first-order valence-electron chi connectivity index (χ1n) is 7.73. The third kappa shape index (κ3) is 2.18. The second-order valence-electron chi connectivity index (χ2n) is 5.96. The summed E-state index contributed by atoms with van der Waals surface area (Å²) in [5.41, 5.74) is 1.61. The average Bonchev–Trinajstić information content (AvgIpc) is 2.91. The van der Waals surface area contributed by atoms with Gasteiger partial charge in [0.25, 0.3) is 0 Å². The highest BCUT2D eigenvalue weighted by molar-refractivity contribution is 6.35. The third-order valence-corrected chi connectivity index (χ3v) is 4.91. The first-order chi connectivity index (χ1) is 12.0. The second kappa shape index (κ2) is 5.53. The molecule has 5 heteroatoms. The maximum Gasteiger partial charge on any atom is 0.244 e. The number of fused-ring (bicyclic) bond motifs is 1. The zero-order valence-corrected chi connectivity index (χ0v) is 13.8. The molecule has 1 amide bonds. The Morgan fingerprint density at radius 3 is 1.84 bits per heavy atom. The number of nitrogens with one attached hydrogen (secondary N) is 1. The molecule has 0 spiro atoms. The smallest absolute Gasteiger partial charge is 0.244 e. The van der Waals surface area contributed by atoms with Crippen molar-refractivity contribution in [2.24, 2.45) is 0 Å². The Morgan fingerprint density at radius 2 is 1.32 bits per heavy atom. The molecule has 1 aliphatic heterocycles. The molecular formula is C20H14ClNO3. The van der Waals surface area contributed by atoms with Crippen molar-refractivity contribution in [1.82, 2.24) is 0 Å². The van der Waals surface area contributed by atoms with E-state index in [1.807, 2.05) is 6.07 Å². The monoisotopic (exact) mass is 351 g/mol. The minimum Gasteiger partial charge on any atom is -0.508 e. The van der Waals surface area contributed by atoms with Crippen LogP contribution in [0.15, 0.2) is 66.7 Å². The number of hydrogen-bond acceptors (Lipinski definition) is 3. The van der Waals surface area contributed by atoms with E-state index in [0.29, 0.717) is 21.8 Å². The van der Waals surface area contributed by atoms with Gasteiger partial charge in [0.05, 0.1) is 10.7 Å².